The van der Waals surface area contributed by atoms with E-state index in [-0.39, 0.29) is 23.5 Å². The smallest absolute Gasteiger partial charge is 0.261 e. The van der Waals surface area contributed by atoms with Crippen molar-refractivity contribution >= 4 is 33.2 Å². The molecule has 25 heavy (non-hydrogen) atoms. The molecule has 0 unspecified atom stereocenters. The highest BCUT2D eigenvalue weighted by molar-refractivity contribution is 7.92. The van der Waals surface area contributed by atoms with Gasteiger partial charge in [-0.05, 0) is 62.4 Å². The van der Waals surface area contributed by atoms with Crippen LogP contribution >= 0.6 is 11.6 Å². The van der Waals surface area contributed by atoms with E-state index in [0.717, 1.165) is 0 Å². The molecule has 1 amide bonds. The summed E-state index contributed by atoms with van der Waals surface area (Å²) >= 11 is 5.78. The van der Waals surface area contributed by atoms with E-state index in [1.807, 2.05) is 13.8 Å². The van der Waals surface area contributed by atoms with E-state index < -0.39 is 10.0 Å². The summed E-state index contributed by atoms with van der Waals surface area (Å²) in [6.07, 6.45) is 0. The van der Waals surface area contributed by atoms with Gasteiger partial charge in [-0.25, -0.2) is 8.42 Å². The van der Waals surface area contributed by atoms with Crippen molar-refractivity contribution < 1.29 is 17.9 Å². The van der Waals surface area contributed by atoms with Crippen molar-refractivity contribution in [1.82, 2.24) is 5.32 Å². The fraction of sp³-hybridized carbons (Fsp3) is 0.235. The van der Waals surface area contributed by atoms with Crippen LogP contribution in [-0.4, -0.2) is 27.0 Å². The van der Waals surface area contributed by atoms with Crippen LogP contribution in [0.1, 0.15) is 13.8 Å². The third kappa shape index (κ3) is 5.95. The Kier molecular flexibility index (Phi) is 6.27. The fourth-order valence-corrected chi connectivity index (χ4v) is 3.14. The number of hydrogen-bond donors (Lipinski definition) is 2. The number of ether oxygens (including phenoxy) is 1. The van der Waals surface area contributed by atoms with Crippen molar-refractivity contribution in [3.63, 3.8) is 0 Å². The van der Waals surface area contributed by atoms with Crippen LogP contribution in [0.4, 0.5) is 5.69 Å². The number of anilines is 1. The van der Waals surface area contributed by atoms with Crippen LogP contribution in [0.3, 0.4) is 0 Å². The van der Waals surface area contributed by atoms with Crippen molar-refractivity contribution in [2.24, 2.45) is 0 Å². The topological polar surface area (TPSA) is 84.5 Å². The Morgan fingerprint density at radius 3 is 2.24 bits per heavy atom. The van der Waals surface area contributed by atoms with Crippen LogP contribution in [0.5, 0.6) is 5.75 Å². The lowest BCUT2D eigenvalue weighted by Gasteiger charge is -2.11. The van der Waals surface area contributed by atoms with Crippen molar-refractivity contribution in [2.45, 2.75) is 24.8 Å². The Morgan fingerprint density at radius 2 is 1.68 bits per heavy atom. The molecule has 0 aliphatic carbocycles. The van der Waals surface area contributed by atoms with E-state index in [0.29, 0.717) is 16.5 Å². The highest BCUT2D eigenvalue weighted by Crippen LogP contribution is 2.20. The molecule has 0 aliphatic heterocycles. The van der Waals surface area contributed by atoms with Crippen LogP contribution < -0.4 is 14.8 Å². The van der Waals surface area contributed by atoms with Gasteiger partial charge in [0.05, 0.1) is 4.90 Å². The van der Waals surface area contributed by atoms with Crippen LogP contribution in [0.25, 0.3) is 0 Å². The summed E-state index contributed by atoms with van der Waals surface area (Å²) in [6, 6.07) is 12.2. The van der Waals surface area contributed by atoms with Gasteiger partial charge in [0, 0.05) is 16.8 Å². The number of halogens is 1. The largest absolute Gasteiger partial charge is 0.484 e. The first-order valence-corrected chi connectivity index (χ1v) is 9.43. The Bertz CT molecular complexity index is 819. The lowest BCUT2D eigenvalue weighted by atomic mass is 10.3. The molecule has 0 atom stereocenters. The van der Waals surface area contributed by atoms with E-state index in [2.05, 4.69) is 10.0 Å². The number of rotatable bonds is 7. The number of carbonyl (C=O) groups is 1. The molecule has 0 saturated heterocycles. The van der Waals surface area contributed by atoms with Gasteiger partial charge in [0.25, 0.3) is 15.9 Å². The molecule has 8 heteroatoms. The van der Waals surface area contributed by atoms with Crippen LogP contribution in [0, 0.1) is 0 Å². The van der Waals surface area contributed by atoms with Crippen molar-refractivity contribution in [1.29, 1.82) is 0 Å². The lowest BCUT2D eigenvalue weighted by molar-refractivity contribution is -0.123. The molecule has 0 heterocycles. The summed E-state index contributed by atoms with van der Waals surface area (Å²) in [5.41, 5.74) is 0.412. The van der Waals surface area contributed by atoms with Crippen LogP contribution in [0.2, 0.25) is 5.02 Å². The predicted molar refractivity (Wildman–Crippen MR) is 97.5 cm³/mol. The average Bonchev–Trinajstić information content (AvgIpc) is 2.55. The molecule has 2 rings (SSSR count). The first kappa shape index (κ1) is 19.1. The summed E-state index contributed by atoms with van der Waals surface area (Å²) in [7, 11) is -3.72. The first-order chi connectivity index (χ1) is 11.8. The summed E-state index contributed by atoms with van der Waals surface area (Å²) in [4.78, 5) is 11.6. The van der Waals surface area contributed by atoms with Crippen LogP contribution in [-0.2, 0) is 14.8 Å². The molecule has 6 nitrogen and oxygen atoms in total. The molecule has 134 valence electrons. The highest BCUT2D eigenvalue weighted by Gasteiger charge is 2.14. The molecule has 0 spiro atoms. The molecule has 2 aromatic carbocycles. The van der Waals surface area contributed by atoms with Gasteiger partial charge in [-0.2, -0.15) is 0 Å². The number of benzene rings is 2. The van der Waals surface area contributed by atoms with Crippen molar-refractivity contribution in [2.75, 3.05) is 11.3 Å². The molecule has 2 aromatic rings. The number of carbonyl (C=O) groups excluding carboxylic acids is 1. The van der Waals surface area contributed by atoms with Gasteiger partial charge in [0.1, 0.15) is 5.75 Å². The van der Waals surface area contributed by atoms with Gasteiger partial charge < -0.3 is 10.1 Å². The van der Waals surface area contributed by atoms with E-state index in [9.17, 15) is 13.2 Å². The minimum atomic E-state index is -3.72. The maximum Gasteiger partial charge on any atom is 0.261 e. The number of amides is 1. The second-order valence-corrected chi connectivity index (χ2v) is 7.71. The second kappa shape index (κ2) is 8.22. The normalized spacial score (nSPS) is 11.2. The van der Waals surface area contributed by atoms with Gasteiger partial charge in [0.2, 0.25) is 0 Å². The Balaban J connectivity index is 2.00. The Labute approximate surface area is 152 Å². The molecule has 0 aliphatic rings. The van der Waals surface area contributed by atoms with Gasteiger partial charge in [-0.3, -0.25) is 9.52 Å². The van der Waals surface area contributed by atoms with Gasteiger partial charge in [-0.1, -0.05) is 11.6 Å². The van der Waals surface area contributed by atoms with E-state index in [4.69, 9.17) is 16.3 Å². The summed E-state index contributed by atoms with van der Waals surface area (Å²) in [6.45, 7) is 3.57. The molecule has 2 N–H and O–H groups in total. The van der Waals surface area contributed by atoms with E-state index in [1.54, 1.807) is 24.3 Å². The fourth-order valence-electron chi connectivity index (χ4n) is 1.96. The molecule has 0 bridgehead atoms. The summed E-state index contributed by atoms with van der Waals surface area (Å²) in [5, 5.41) is 3.22. The Morgan fingerprint density at radius 1 is 1.08 bits per heavy atom. The zero-order chi connectivity index (χ0) is 18.4. The number of nitrogens with one attached hydrogen (secondary N) is 2. The minimum Gasteiger partial charge on any atom is -0.484 e. The molecular formula is C17H19ClN2O4S. The van der Waals surface area contributed by atoms with Gasteiger partial charge in [-0.15, -0.1) is 0 Å². The third-order valence-electron chi connectivity index (χ3n) is 3.05. The third-order valence-corrected chi connectivity index (χ3v) is 4.70. The molecule has 0 aromatic heterocycles. The highest BCUT2D eigenvalue weighted by atomic mass is 35.5. The van der Waals surface area contributed by atoms with E-state index >= 15 is 0 Å². The van der Waals surface area contributed by atoms with Gasteiger partial charge >= 0.3 is 0 Å². The Hall–Kier alpha value is -2.25. The first-order valence-electron chi connectivity index (χ1n) is 7.57. The predicted octanol–water partition coefficient (Wildman–Crippen LogP) is 3.04. The molecule has 0 radical (unpaired) electrons. The summed E-state index contributed by atoms with van der Waals surface area (Å²) < 4.78 is 32.5. The summed E-state index contributed by atoms with van der Waals surface area (Å²) in [5.74, 6) is 0.167. The van der Waals surface area contributed by atoms with Crippen molar-refractivity contribution in [3.8, 4) is 5.75 Å². The molecule has 0 saturated carbocycles. The van der Waals surface area contributed by atoms with Crippen LogP contribution in [0.15, 0.2) is 53.4 Å². The molecule has 0 fully saturated rings. The second-order valence-electron chi connectivity index (χ2n) is 5.59. The number of hydrogen-bond acceptors (Lipinski definition) is 4. The zero-order valence-electron chi connectivity index (χ0n) is 13.8. The van der Waals surface area contributed by atoms with Crippen molar-refractivity contribution in [3.05, 3.63) is 53.6 Å². The van der Waals surface area contributed by atoms with Gasteiger partial charge in [0.15, 0.2) is 6.61 Å². The maximum absolute atomic E-state index is 12.3. The van der Waals surface area contributed by atoms with E-state index in [1.165, 1.54) is 24.3 Å². The maximum atomic E-state index is 12.3. The zero-order valence-corrected chi connectivity index (χ0v) is 15.4. The number of sulfonamides is 1. The standard InChI is InChI=1S/C17H19ClN2O4S/c1-12(2)19-17(21)11-24-15-7-9-16(10-8-15)25(22,23)20-14-5-3-13(18)4-6-14/h3-10,12,20H,11H2,1-2H3,(H,19,21). The SMILES string of the molecule is CC(C)NC(=O)COc1ccc(S(=O)(=O)Nc2ccc(Cl)cc2)cc1. The monoisotopic (exact) mass is 382 g/mol. The lowest BCUT2D eigenvalue weighted by Crippen LogP contribution is -2.34. The average molecular weight is 383 g/mol. The minimum absolute atomic E-state index is 0.0301. The molecular weight excluding hydrogens is 364 g/mol. The quantitative estimate of drug-likeness (QED) is 0.770.